The molecule has 0 atom stereocenters. The van der Waals surface area contributed by atoms with E-state index < -0.39 is 0 Å². The summed E-state index contributed by atoms with van der Waals surface area (Å²) in [6, 6.07) is 14.0. The number of ketones is 1. The van der Waals surface area contributed by atoms with E-state index in [4.69, 9.17) is 4.74 Å². The van der Waals surface area contributed by atoms with Crippen LogP contribution in [0.2, 0.25) is 0 Å². The molecule has 0 aliphatic rings. The SMILES string of the molecule is COc1ccccc1CN(CC(=O)Nc1cccc(C(C)=O)c1)C(C)=O. The van der Waals surface area contributed by atoms with Crippen molar-refractivity contribution >= 4 is 23.3 Å². The molecule has 26 heavy (non-hydrogen) atoms. The van der Waals surface area contributed by atoms with Crippen molar-refractivity contribution in [3.05, 3.63) is 59.7 Å². The molecule has 136 valence electrons. The van der Waals surface area contributed by atoms with E-state index in [9.17, 15) is 14.4 Å². The zero-order valence-corrected chi connectivity index (χ0v) is 15.1. The molecule has 2 aromatic carbocycles. The quantitative estimate of drug-likeness (QED) is 0.776. The third kappa shape index (κ3) is 5.17. The Balaban J connectivity index is 2.07. The van der Waals surface area contributed by atoms with Gasteiger partial charge < -0.3 is 15.0 Å². The predicted octanol–water partition coefficient (Wildman–Crippen LogP) is 2.89. The van der Waals surface area contributed by atoms with E-state index in [0.717, 1.165) is 5.56 Å². The molecule has 0 unspecified atom stereocenters. The second-order valence-electron chi connectivity index (χ2n) is 5.87. The van der Waals surface area contributed by atoms with E-state index >= 15 is 0 Å². The molecule has 6 heteroatoms. The topological polar surface area (TPSA) is 75.7 Å². The van der Waals surface area contributed by atoms with E-state index in [2.05, 4.69) is 5.32 Å². The van der Waals surface area contributed by atoms with Gasteiger partial charge in [0, 0.05) is 30.3 Å². The van der Waals surface area contributed by atoms with Crippen molar-refractivity contribution in [2.75, 3.05) is 19.0 Å². The number of anilines is 1. The van der Waals surface area contributed by atoms with Gasteiger partial charge in [-0.25, -0.2) is 0 Å². The van der Waals surface area contributed by atoms with Gasteiger partial charge in [0.05, 0.1) is 7.11 Å². The molecular weight excluding hydrogens is 332 g/mol. The Hall–Kier alpha value is -3.15. The number of methoxy groups -OCH3 is 1. The molecule has 0 saturated heterocycles. The number of nitrogens with zero attached hydrogens (tertiary/aromatic N) is 1. The van der Waals surface area contributed by atoms with Gasteiger partial charge in [0.25, 0.3) is 0 Å². The first-order valence-corrected chi connectivity index (χ1v) is 8.19. The minimum atomic E-state index is -0.337. The number of Topliss-reactive ketones (excluding diaryl/α,β-unsaturated/α-hetero) is 1. The van der Waals surface area contributed by atoms with Gasteiger partial charge in [-0.05, 0) is 25.1 Å². The minimum Gasteiger partial charge on any atom is -0.496 e. The second-order valence-corrected chi connectivity index (χ2v) is 5.87. The molecule has 0 aromatic heterocycles. The van der Waals surface area contributed by atoms with Crippen LogP contribution >= 0.6 is 0 Å². The van der Waals surface area contributed by atoms with Gasteiger partial charge in [0.2, 0.25) is 11.8 Å². The van der Waals surface area contributed by atoms with Crippen LogP contribution in [-0.4, -0.2) is 36.2 Å². The number of carbonyl (C=O) groups excluding carboxylic acids is 3. The standard InChI is InChI=1S/C20H22N2O4/c1-14(23)16-8-6-9-18(11-16)21-20(25)13-22(15(2)24)12-17-7-4-5-10-19(17)26-3/h4-11H,12-13H2,1-3H3,(H,21,25). The molecule has 0 radical (unpaired) electrons. The smallest absolute Gasteiger partial charge is 0.244 e. The molecule has 0 saturated carbocycles. The van der Waals surface area contributed by atoms with Gasteiger partial charge >= 0.3 is 0 Å². The number of para-hydroxylation sites is 1. The first-order chi connectivity index (χ1) is 12.4. The van der Waals surface area contributed by atoms with Crippen LogP contribution in [0.4, 0.5) is 5.69 Å². The van der Waals surface area contributed by atoms with Crippen LogP contribution in [0.3, 0.4) is 0 Å². The third-order valence-corrected chi connectivity index (χ3v) is 3.89. The predicted molar refractivity (Wildman–Crippen MR) is 99.2 cm³/mol. The molecule has 0 bridgehead atoms. The minimum absolute atomic E-state index is 0.0809. The summed E-state index contributed by atoms with van der Waals surface area (Å²) in [5.41, 5.74) is 1.85. The Kier molecular flexibility index (Phi) is 6.49. The summed E-state index contributed by atoms with van der Waals surface area (Å²) in [4.78, 5) is 37.1. The molecule has 1 N–H and O–H groups in total. The monoisotopic (exact) mass is 354 g/mol. The average Bonchev–Trinajstić information content (AvgIpc) is 2.61. The van der Waals surface area contributed by atoms with Crippen molar-refractivity contribution in [1.82, 2.24) is 4.90 Å². The Morgan fingerprint density at radius 3 is 2.42 bits per heavy atom. The first kappa shape index (κ1) is 19.2. The lowest BCUT2D eigenvalue weighted by molar-refractivity contribution is -0.133. The maximum atomic E-state index is 12.3. The molecule has 2 aromatic rings. The largest absolute Gasteiger partial charge is 0.496 e. The first-order valence-electron chi connectivity index (χ1n) is 8.19. The summed E-state index contributed by atoms with van der Waals surface area (Å²) in [7, 11) is 1.56. The summed E-state index contributed by atoms with van der Waals surface area (Å²) in [6.07, 6.45) is 0. The molecular formula is C20H22N2O4. The highest BCUT2D eigenvalue weighted by molar-refractivity contribution is 5.98. The maximum Gasteiger partial charge on any atom is 0.244 e. The number of carbonyl (C=O) groups is 3. The molecule has 0 fully saturated rings. The number of nitrogens with one attached hydrogen (secondary N) is 1. The fourth-order valence-electron chi connectivity index (χ4n) is 2.51. The maximum absolute atomic E-state index is 12.3. The van der Waals surface area contributed by atoms with Crippen LogP contribution in [-0.2, 0) is 16.1 Å². The number of ether oxygens (including phenoxy) is 1. The van der Waals surface area contributed by atoms with Gasteiger partial charge in [-0.3, -0.25) is 14.4 Å². The van der Waals surface area contributed by atoms with Gasteiger partial charge in [-0.1, -0.05) is 30.3 Å². The molecule has 0 spiro atoms. The van der Waals surface area contributed by atoms with E-state index in [1.165, 1.54) is 18.7 Å². The number of benzene rings is 2. The third-order valence-electron chi connectivity index (χ3n) is 3.89. The molecule has 0 heterocycles. The van der Waals surface area contributed by atoms with Crippen LogP contribution < -0.4 is 10.1 Å². The molecule has 6 nitrogen and oxygen atoms in total. The second kappa shape index (κ2) is 8.80. The van der Waals surface area contributed by atoms with Crippen molar-refractivity contribution < 1.29 is 19.1 Å². The molecule has 2 amide bonds. The summed E-state index contributed by atoms with van der Waals surface area (Å²) in [6.45, 7) is 3.04. The number of hydrogen-bond donors (Lipinski definition) is 1. The summed E-state index contributed by atoms with van der Waals surface area (Å²) < 4.78 is 5.29. The van der Waals surface area contributed by atoms with Crippen molar-refractivity contribution in [1.29, 1.82) is 0 Å². The zero-order chi connectivity index (χ0) is 19.1. The zero-order valence-electron chi connectivity index (χ0n) is 15.1. The van der Waals surface area contributed by atoms with E-state index in [0.29, 0.717) is 17.0 Å². The summed E-state index contributed by atoms with van der Waals surface area (Å²) in [5.74, 6) is 0.0234. The Morgan fingerprint density at radius 1 is 1.04 bits per heavy atom. The van der Waals surface area contributed by atoms with Crippen LogP contribution in [0, 0.1) is 0 Å². The van der Waals surface area contributed by atoms with E-state index in [1.807, 2.05) is 18.2 Å². The van der Waals surface area contributed by atoms with Crippen molar-refractivity contribution in [3.63, 3.8) is 0 Å². The Labute approximate surface area is 152 Å². The highest BCUT2D eigenvalue weighted by atomic mass is 16.5. The number of amides is 2. The van der Waals surface area contributed by atoms with Crippen LogP contribution in [0.5, 0.6) is 5.75 Å². The average molecular weight is 354 g/mol. The van der Waals surface area contributed by atoms with Crippen LogP contribution in [0.1, 0.15) is 29.8 Å². The normalized spacial score (nSPS) is 10.1. The van der Waals surface area contributed by atoms with Crippen molar-refractivity contribution in [3.8, 4) is 5.75 Å². The van der Waals surface area contributed by atoms with Crippen LogP contribution in [0.25, 0.3) is 0 Å². The van der Waals surface area contributed by atoms with Gasteiger partial charge in [0.1, 0.15) is 12.3 Å². The lowest BCUT2D eigenvalue weighted by Crippen LogP contribution is -2.36. The lowest BCUT2D eigenvalue weighted by atomic mass is 10.1. The highest BCUT2D eigenvalue weighted by Crippen LogP contribution is 2.19. The fourth-order valence-corrected chi connectivity index (χ4v) is 2.51. The summed E-state index contributed by atoms with van der Waals surface area (Å²) >= 11 is 0. The van der Waals surface area contributed by atoms with E-state index in [1.54, 1.807) is 37.4 Å². The van der Waals surface area contributed by atoms with Gasteiger partial charge in [0.15, 0.2) is 5.78 Å². The highest BCUT2D eigenvalue weighted by Gasteiger charge is 2.16. The van der Waals surface area contributed by atoms with Crippen molar-refractivity contribution in [2.24, 2.45) is 0 Å². The summed E-state index contributed by atoms with van der Waals surface area (Å²) in [5, 5.41) is 2.72. The fraction of sp³-hybridized carbons (Fsp3) is 0.250. The number of rotatable bonds is 7. The van der Waals surface area contributed by atoms with Gasteiger partial charge in [-0.15, -0.1) is 0 Å². The van der Waals surface area contributed by atoms with Crippen molar-refractivity contribution in [2.45, 2.75) is 20.4 Å². The molecule has 0 aliphatic heterocycles. The van der Waals surface area contributed by atoms with Gasteiger partial charge in [-0.2, -0.15) is 0 Å². The molecule has 2 rings (SSSR count). The van der Waals surface area contributed by atoms with E-state index in [-0.39, 0.29) is 30.7 Å². The lowest BCUT2D eigenvalue weighted by Gasteiger charge is -2.21. The Bertz CT molecular complexity index is 817. The number of hydrogen-bond acceptors (Lipinski definition) is 4. The van der Waals surface area contributed by atoms with Crippen LogP contribution in [0.15, 0.2) is 48.5 Å². The molecule has 0 aliphatic carbocycles. The Morgan fingerprint density at radius 2 is 1.77 bits per heavy atom.